The maximum absolute atomic E-state index is 12.1. The van der Waals surface area contributed by atoms with E-state index in [9.17, 15) is 4.79 Å². The standard InChI is InChI=1S/C19H37N5O2/c1-2-20-19(21-10-6-12-24-13-15-26-16-14-24)22-11-9-18(25)23-17-7-4-3-5-8-17/h17H,2-16H2,1H3,(H,23,25)(H2,20,21,22). The number of hydrogen-bond acceptors (Lipinski definition) is 4. The van der Waals surface area contributed by atoms with Gasteiger partial charge in [0.2, 0.25) is 5.91 Å². The molecule has 1 saturated heterocycles. The number of carbonyl (C=O) groups excluding carboxylic acids is 1. The molecule has 2 aliphatic rings. The smallest absolute Gasteiger partial charge is 0.221 e. The van der Waals surface area contributed by atoms with E-state index in [0.29, 0.717) is 19.0 Å². The average Bonchev–Trinajstić information content (AvgIpc) is 2.67. The Balaban J connectivity index is 1.58. The first kappa shape index (κ1) is 21.0. The van der Waals surface area contributed by atoms with Crippen LogP contribution in [-0.2, 0) is 9.53 Å². The van der Waals surface area contributed by atoms with Gasteiger partial charge in [-0.25, -0.2) is 0 Å². The minimum Gasteiger partial charge on any atom is -0.379 e. The van der Waals surface area contributed by atoms with Gasteiger partial charge in [-0.15, -0.1) is 0 Å². The molecular formula is C19H37N5O2. The highest BCUT2D eigenvalue weighted by atomic mass is 16.5. The summed E-state index contributed by atoms with van der Waals surface area (Å²) in [4.78, 5) is 19.1. The fourth-order valence-electron chi connectivity index (χ4n) is 3.49. The van der Waals surface area contributed by atoms with Crippen LogP contribution in [0.4, 0.5) is 0 Å². The van der Waals surface area contributed by atoms with Crippen LogP contribution in [0.5, 0.6) is 0 Å². The second kappa shape index (κ2) is 12.9. The van der Waals surface area contributed by atoms with Crippen LogP contribution in [-0.4, -0.2) is 75.3 Å². The predicted octanol–water partition coefficient (Wildman–Crippen LogP) is 1.10. The van der Waals surface area contributed by atoms with Crippen molar-refractivity contribution in [2.45, 2.75) is 57.9 Å². The first-order chi connectivity index (χ1) is 12.8. The van der Waals surface area contributed by atoms with Gasteiger partial charge in [-0.3, -0.25) is 14.7 Å². The highest BCUT2D eigenvalue weighted by Crippen LogP contribution is 2.17. The summed E-state index contributed by atoms with van der Waals surface area (Å²) in [6.07, 6.45) is 7.59. The molecular weight excluding hydrogens is 330 g/mol. The molecule has 26 heavy (non-hydrogen) atoms. The van der Waals surface area contributed by atoms with Crippen LogP contribution in [0.15, 0.2) is 4.99 Å². The van der Waals surface area contributed by atoms with Crippen molar-refractivity contribution >= 4 is 11.9 Å². The summed E-state index contributed by atoms with van der Waals surface area (Å²) in [7, 11) is 0. The zero-order valence-corrected chi connectivity index (χ0v) is 16.4. The van der Waals surface area contributed by atoms with Gasteiger partial charge in [-0.05, 0) is 26.2 Å². The molecule has 0 radical (unpaired) electrons. The molecule has 0 atom stereocenters. The molecule has 2 fully saturated rings. The molecule has 0 spiro atoms. The largest absolute Gasteiger partial charge is 0.379 e. The Labute approximate surface area is 158 Å². The normalized spacial score (nSPS) is 20.0. The van der Waals surface area contributed by atoms with Crippen molar-refractivity contribution < 1.29 is 9.53 Å². The van der Waals surface area contributed by atoms with Gasteiger partial charge in [0, 0.05) is 51.7 Å². The van der Waals surface area contributed by atoms with E-state index in [-0.39, 0.29) is 5.91 Å². The Hall–Kier alpha value is -1.34. The van der Waals surface area contributed by atoms with Gasteiger partial charge in [-0.1, -0.05) is 19.3 Å². The Morgan fingerprint density at radius 2 is 1.92 bits per heavy atom. The van der Waals surface area contributed by atoms with Crippen LogP contribution >= 0.6 is 0 Å². The summed E-state index contributed by atoms with van der Waals surface area (Å²) in [6.45, 7) is 9.10. The highest BCUT2D eigenvalue weighted by Gasteiger charge is 2.15. The summed E-state index contributed by atoms with van der Waals surface area (Å²) in [5, 5.41) is 9.68. The topological polar surface area (TPSA) is 78.0 Å². The number of amides is 1. The zero-order valence-electron chi connectivity index (χ0n) is 16.4. The van der Waals surface area contributed by atoms with Gasteiger partial charge >= 0.3 is 0 Å². The Morgan fingerprint density at radius 3 is 2.65 bits per heavy atom. The molecule has 0 aromatic heterocycles. The van der Waals surface area contributed by atoms with Crippen LogP contribution in [0.1, 0.15) is 51.9 Å². The molecule has 0 aromatic carbocycles. The van der Waals surface area contributed by atoms with E-state index in [1.807, 2.05) is 0 Å². The van der Waals surface area contributed by atoms with Crippen LogP contribution in [0.3, 0.4) is 0 Å². The van der Waals surface area contributed by atoms with Crippen LogP contribution in [0, 0.1) is 0 Å². The summed E-state index contributed by atoms with van der Waals surface area (Å²) in [5.41, 5.74) is 0. The van der Waals surface area contributed by atoms with Gasteiger partial charge in [0.1, 0.15) is 0 Å². The summed E-state index contributed by atoms with van der Waals surface area (Å²) < 4.78 is 5.37. The monoisotopic (exact) mass is 367 g/mol. The molecule has 0 bridgehead atoms. The number of carbonyl (C=O) groups is 1. The number of aliphatic imine (C=N–C) groups is 1. The van der Waals surface area contributed by atoms with Crippen LogP contribution in [0.25, 0.3) is 0 Å². The minimum absolute atomic E-state index is 0.146. The lowest BCUT2D eigenvalue weighted by atomic mass is 9.95. The van der Waals surface area contributed by atoms with Gasteiger partial charge in [-0.2, -0.15) is 0 Å². The summed E-state index contributed by atoms with van der Waals surface area (Å²) in [5.74, 6) is 0.951. The number of morpholine rings is 1. The Bertz CT molecular complexity index is 418. The molecule has 1 amide bonds. The quantitative estimate of drug-likeness (QED) is 0.323. The third kappa shape index (κ3) is 8.85. The lowest BCUT2D eigenvalue weighted by Gasteiger charge is -2.26. The molecule has 150 valence electrons. The van der Waals surface area contributed by atoms with Gasteiger partial charge in [0.25, 0.3) is 0 Å². The molecule has 3 N–H and O–H groups in total. The van der Waals surface area contributed by atoms with E-state index in [1.54, 1.807) is 0 Å². The van der Waals surface area contributed by atoms with Crippen molar-refractivity contribution in [3.8, 4) is 0 Å². The van der Waals surface area contributed by atoms with E-state index in [0.717, 1.165) is 71.2 Å². The second-order valence-electron chi connectivity index (χ2n) is 7.15. The minimum atomic E-state index is 0.146. The number of rotatable bonds is 9. The fraction of sp³-hybridized carbons (Fsp3) is 0.895. The van der Waals surface area contributed by atoms with Crippen molar-refractivity contribution in [1.82, 2.24) is 20.9 Å². The first-order valence-corrected chi connectivity index (χ1v) is 10.4. The SMILES string of the molecule is CCNC(=NCCCN1CCOCC1)NCCC(=O)NC1CCCCC1. The molecule has 1 heterocycles. The van der Waals surface area contributed by atoms with Crippen molar-refractivity contribution in [1.29, 1.82) is 0 Å². The number of nitrogens with one attached hydrogen (secondary N) is 3. The second-order valence-corrected chi connectivity index (χ2v) is 7.15. The predicted molar refractivity (Wildman–Crippen MR) is 105 cm³/mol. The number of hydrogen-bond donors (Lipinski definition) is 3. The Morgan fingerprint density at radius 1 is 1.15 bits per heavy atom. The van der Waals surface area contributed by atoms with E-state index < -0.39 is 0 Å². The van der Waals surface area contributed by atoms with Crippen LogP contribution in [0.2, 0.25) is 0 Å². The van der Waals surface area contributed by atoms with E-state index in [4.69, 9.17) is 4.74 Å². The lowest BCUT2D eigenvalue weighted by molar-refractivity contribution is -0.121. The van der Waals surface area contributed by atoms with Crippen molar-refractivity contribution in [2.24, 2.45) is 4.99 Å². The molecule has 1 aliphatic carbocycles. The molecule has 1 saturated carbocycles. The molecule has 7 nitrogen and oxygen atoms in total. The maximum Gasteiger partial charge on any atom is 0.221 e. The van der Waals surface area contributed by atoms with E-state index in [1.165, 1.54) is 19.3 Å². The third-order valence-corrected chi connectivity index (χ3v) is 4.97. The number of nitrogens with zero attached hydrogens (tertiary/aromatic N) is 2. The van der Waals surface area contributed by atoms with E-state index in [2.05, 4.69) is 32.8 Å². The lowest BCUT2D eigenvalue weighted by Crippen LogP contribution is -2.41. The Kier molecular flexibility index (Phi) is 10.4. The zero-order chi connectivity index (χ0) is 18.5. The van der Waals surface area contributed by atoms with Gasteiger partial charge < -0.3 is 20.7 Å². The molecule has 0 unspecified atom stereocenters. The van der Waals surface area contributed by atoms with E-state index >= 15 is 0 Å². The van der Waals surface area contributed by atoms with Crippen molar-refractivity contribution in [3.05, 3.63) is 0 Å². The number of ether oxygens (including phenoxy) is 1. The third-order valence-electron chi connectivity index (χ3n) is 4.97. The van der Waals surface area contributed by atoms with Gasteiger partial charge in [0.05, 0.1) is 13.2 Å². The highest BCUT2D eigenvalue weighted by molar-refractivity contribution is 5.81. The fourth-order valence-corrected chi connectivity index (χ4v) is 3.49. The van der Waals surface area contributed by atoms with Crippen molar-refractivity contribution in [2.75, 3.05) is 52.5 Å². The maximum atomic E-state index is 12.1. The summed E-state index contributed by atoms with van der Waals surface area (Å²) in [6, 6.07) is 0.387. The van der Waals surface area contributed by atoms with Gasteiger partial charge in [0.15, 0.2) is 5.96 Å². The molecule has 7 heteroatoms. The molecule has 2 rings (SSSR count). The first-order valence-electron chi connectivity index (χ1n) is 10.4. The number of guanidine groups is 1. The molecule has 1 aliphatic heterocycles. The van der Waals surface area contributed by atoms with Crippen molar-refractivity contribution in [3.63, 3.8) is 0 Å². The molecule has 0 aromatic rings. The summed E-state index contributed by atoms with van der Waals surface area (Å²) >= 11 is 0. The average molecular weight is 368 g/mol. The van der Waals surface area contributed by atoms with Crippen LogP contribution < -0.4 is 16.0 Å².